The minimum atomic E-state index is 0.539. The summed E-state index contributed by atoms with van der Waals surface area (Å²) in [5.74, 6) is 1.14. The number of hydrogen-bond acceptors (Lipinski definition) is 5. The van der Waals surface area contributed by atoms with Gasteiger partial charge in [0.1, 0.15) is 0 Å². The lowest BCUT2D eigenvalue weighted by atomic mass is 10.2. The van der Waals surface area contributed by atoms with Crippen molar-refractivity contribution in [3.05, 3.63) is 61.2 Å². The average Bonchev–Trinajstić information content (AvgIpc) is 3.00. The van der Waals surface area contributed by atoms with Gasteiger partial charge >= 0.3 is 0 Å². The third-order valence-corrected chi connectivity index (χ3v) is 3.09. The number of aromatic nitrogens is 6. The number of hydrogen-bond donors (Lipinski definition) is 0. The first-order valence-electron chi connectivity index (χ1n) is 6.45. The summed E-state index contributed by atoms with van der Waals surface area (Å²) in [6.07, 6.45) is 6.91. The third kappa shape index (κ3) is 2.02. The van der Waals surface area contributed by atoms with Crippen molar-refractivity contribution in [2.75, 3.05) is 0 Å². The molecule has 21 heavy (non-hydrogen) atoms. The third-order valence-electron chi connectivity index (χ3n) is 3.09. The highest BCUT2D eigenvalue weighted by molar-refractivity contribution is 5.60. The number of nitrogens with zero attached hydrogens (tertiary/aromatic N) is 6. The Labute approximate surface area is 120 Å². The van der Waals surface area contributed by atoms with Crippen LogP contribution in [0.4, 0.5) is 0 Å². The van der Waals surface area contributed by atoms with Gasteiger partial charge in [-0.2, -0.15) is 9.50 Å². The van der Waals surface area contributed by atoms with Gasteiger partial charge in [0, 0.05) is 30.4 Å². The summed E-state index contributed by atoms with van der Waals surface area (Å²) in [6.45, 7) is 0. The van der Waals surface area contributed by atoms with E-state index in [4.69, 9.17) is 0 Å². The normalized spacial score (nSPS) is 10.9. The molecular weight excluding hydrogens is 264 g/mol. The molecule has 6 heteroatoms. The molecule has 4 rings (SSSR count). The molecule has 0 radical (unpaired) electrons. The molecule has 0 saturated carbocycles. The van der Waals surface area contributed by atoms with Gasteiger partial charge in [-0.3, -0.25) is 9.97 Å². The average molecular weight is 274 g/mol. The molecule has 0 spiro atoms. The SMILES string of the molecule is c1ccc(-c2ccnc3nc(-c4cccnc4)nn23)nc1. The van der Waals surface area contributed by atoms with Crippen LogP contribution in [0.5, 0.6) is 0 Å². The smallest absolute Gasteiger partial charge is 0.253 e. The standard InChI is InChI=1S/C15H10N6/c1-2-8-17-12(5-1)13-6-9-18-15-19-14(20-21(13)15)11-4-3-7-16-10-11/h1-10H. The first kappa shape index (κ1) is 11.7. The van der Waals surface area contributed by atoms with Gasteiger partial charge in [-0.15, -0.1) is 5.10 Å². The van der Waals surface area contributed by atoms with E-state index in [1.54, 1.807) is 29.3 Å². The van der Waals surface area contributed by atoms with Crippen molar-refractivity contribution in [2.24, 2.45) is 0 Å². The molecule has 0 saturated heterocycles. The number of fused-ring (bicyclic) bond motifs is 1. The molecule has 0 unspecified atom stereocenters. The summed E-state index contributed by atoms with van der Waals surface area (Å²) in [5, 5.41) is 4.52. The molecule has 0 aromatic carbocycles. The summed E-state index contributed by atoms with van der Waals surface area (Å²) in [4.78, 5) is 17.1. The Morgan fingerprint density at radius 2 is 1.86 bits per heavy atom. The van der Waals surface area contributed by atoms with Crippen molar-refractivity contribution in [1.29, 1.82) is 0 Å². The Hall–Kier alpha value is -3.15. The Morgan fingerprint density at radius 3 is 2.67 bits per heavy atom. The van der Waals surface area contributed by atoms with Crippen LogP contribution < -0.4 is 0 Å². The van der Waals surface area contributed by atoms with E-state index in [0.29, 0.717) is 11.6 Å². The predicted molar refractivity (Wildman–Crippen MR) is 77.2 cm³/mol. The van der Waals surface area contributed by atoms with E-state index in [9.17, 15) is 0 Å². The summed E-state index contributed by atoms with van der Waals surface area (Å²) < 4.78 is 1.70. The second-order valence-electron chi connectivity index (χ2n) is 4.43. The van der Waals surface area contributed by atoms with Gasteiger partial charge in [0.2, 0.25) is 0 Å². The van der Waals surface area contributed by atoms with Crippen LogP contribution in [0.1, 0.15) is 0 Å². The quantitative estimate of drug-likeness (QED) is 0.560. The van der Waals surface area contributed by atoms with Crippen LogP contribution in [0.25, 0.3) is 28.6 Å². The maximum atomic E-state index is 4.52. The zero-order valence-corrected chi connectivity index (χ0v) is 11.0. The van der Waals surface area contributed by atoms with Crippen LogP contribution in [0.15, 0.2) is 61.2 Å². The zero-order valence-electron chi connectivity index (χ0n) is 11.0. The van der Waals surface area contributed by atoms with E-state index < -0.39 is 0 Å². The molecule has 0 aliphatic heterocycles. The van der Waals surface area contributed by atoms with E-state index in [-0.39, 0.29) is 0 Å². The van der Waals surface area contributed by atoms with Gasteiger partial charge in [-0.25, -0.2) is 4.98 Å². The lowest BCUT2D eigenvalue weighted by Gasteiger charge is -2.01. The topological polar surface area (TPSA) is 68.9 Å². The Kier molecular flexibility index (Phi) is 2.64. The highest BCUT2D eigenvalue weighted by Gasteiger charge is 2.11. The van der Waals surface area contributed by atoms with Crippen molar-refractivity contribution >= 4 is 5.78 Å². The molecule has 4 aromatic rings. The molecule has 100 valence electrons. The van der Waals surface area contributed by atoms with Gasteiger partial charge in [-0.1, -0.05) is 6.07 Å². The van der Waals surface area contributed by atoms with Crippen LogP contribution in [0.3, 0.4) is 0 Å². The lowest BCUT2D eigenvalue weighted by Crippen LogP contribution is -1.97. The van der Waals surface area contributed by atoms with Crippen LogP contribution in [-0.2, 0) is 0 Å². The minimum absolute atomic E-state index is 0.539. The summed E-state index contributed by atoms with van der Waals surface area (Å²) in [7, 11) is 0. The molecule has 0 amide bonds. The van der Waals surface area contributed by atoms with Crippen LogP contribution in [-0.4, -0.2) is 29.5 Å². The van der Waals surface area contributed by atoms with Crippen molar-refractivity contribution in [3.63, 3.8) is 0 Å². The second-order valence-corrected chi connectivity index (χ2v) is 4.43. The van der Waals surface area contributed by atoms with E-state index >= 15 is 0 Å². The first-order valence-corrected chi connectivity index (χ1v) is 6.45. The molecular formula is C15H10N6. The Balaban J connectivity index is 1.93. The van der Waals surface area contributed by atoms with Gasteiger partial charge in [0.05, 0.1) is 11.4 Å². The van der Waals surface area contributed by atoms with E-state index in [0.717, 1.165) is 17.0 Å². The van der Waals surface area contributed by atoms with E-state index in [2.05, 4.69) is 25.0 Å². The van der Waals surface area contributed by atoms with Gasteiger partial charge < -0.3 is 0 Å². The fourth-order valence-electron chi connectivity index (χ4n) is 2.12. The molecule has 0 bridgehead atoms. The summed E-state index contributed by atoms with van der Waals surface area (Å²) in [5.41, 5.74) is 2.53. The fourth-order valence-corrected chi connectivity index (χ4v) is 2.12. The molecule has 0 N–H and O–H groups in total. The summed E-state index contributed by atoms with van der Waals surface area (Å²) >= 11 is 0. The Bertz CT molecular complexity index is 886. The Morgan fingerprint density at radius 1 is 0.857 bits per heavy atom. The van der Waals surface area contributed by atoms with Gasteiger partial charge in [-0.05, 0) is 30.3 Å². The van der Waals surface area contributed by atoms with Crippen LogP contribution in [0, 0.1) is 0 Å². The van der Waals surface area contributed by atoms with Crippen molar-refractivity contribution < 1.29 is 0 Å². The largest absolute Gasteiger partial charge is 0.264 e. The van der Waals surface area contributed by atoms with Crippen molar-refractivity contribution in [2.45, 2.75) is 0 Å². The van der Waals surface area contributed by atoms with Crippen molar-refractivity contribution in [1.82, 2.24) is 29.5 Å². The molecule has 0 aliphatic carbocycles. The predicted octanol–water partition coefficient (Wildman–Crippen LogP) is 2.25. The van der Waals surface area contributed by atoms with Gasteiger partial charge in [0.15, 0.2) is 5.82 Å². The first-order chi connectivity index (χ1) is 10.4. The molecule has 0 fully saturated rings. The zero-order chi connectivity index (χ0) is 14.1. The molecule has 0 aliphatic rings. The highest BCUT2D eigenvalue weighted by atomic mass is 15.3. The lowest BCUT2D eigenvalue weighted by molar-refractivity contribution is 0.944. The molecule has 4 heterocycles. The fraction of sp³-hybridized carbons (Fsp3) is 0. The second kappa shape index (κ2) is 4.75. The highest BCUT2D eigenvalue weighted by Crippen LogP contribution is 2.19. The number of pyridine rings is 2. The maximum absolute atomic E-state index is 4.52. The number of rotatable bonds is 2. The van der Waals surface area contributed by atoms with Crippen LogP contribution in [0.2, 0.25) is 0 Å². The van der Waals surface area contributed by atoms with Crippen molar-refractivity contribution in [3.8, 4) is 22.8 Å². The van der Waals surface area contributed by atoms with E-state index in [1.807, 2.05) is 36.4 Å². The monoisotopic (exact) mass is 274 g/mol. The molecule has 4 aromatic heterocycles. The maximum Gasteiger partial charge on any atom is 0.253 e. The molecule has 0 atom stereocenters. The van der Waals surface area contributed by atoms with Gasteiger partial charge in [0.25, 0.3) is 5.78 Å². The summed E-state index contributed by atoms with van der Waals surface area (Å²) in [6, 6.07) is 11.4. The minimum Gasteiger partial charge on any atom is -0.264 e. The van der Waals surface area contributed by atoms with Crippen LogP contribution >= 0.6 is 0 Å². The van der Waals surface area contributed by atoms with E-state index in [1.165, 1.54) is 0 Å². The molecule has 6 nitrogen and oxygen atoms in total.